The first-order chi connectivity index (χ1) is 12.7. The van der Waals surface area contributed by atoms with Crippen molar-refractivity contribution in [1.29, 1.82) is 0 Å². The van der Waals surface area contributed by atoms with Gasteiger partial charge in [-0.05, 0) is 32.0 Å². The molecule has 0 aliphatic heterocycles. The highest BCUT2D eigenvalue weighted by Crippen LogP contribution is 2.23. The molecule has 0 unspecified atom stereocenters. The summed E-state index contributed by atoms with van der Waals surface area (Å²) < 4.78 is 5.04. The molecule has 2 aromatic carbocycles. The van der Waals surface area contributed by atoms with E-state index in [1.807, 2.05) is 0 Å². The summed E-state index contributed by atoms with van der Waals surface area (Å²) in [5.41, 5.74) is 0.235. The molecular formula is C18H15ClN2O6. The van der Waals surface area contributed by atoms with E-state index in [9.17, 15) is 24.5 Å². The van der Waals surface area contributed by atoms with Crippen molar-refractivity contribution in [1.82, 2.24) is 0 Å². The highest BCUT2D eigenvalue weighted by atomic mass is 35.5. The molecule has 0 aliphatic carbocycles. The number of ether oxygens (including phenoxy) is 1. The summed E-state index contributed by atoms with van der Waals surface area (Å²) in [5.74, 6) is -1.76. The minimum Gasteiger partial charge on any atom is -0.449 e. The highest BCUT2D eigenvalue weighted by Gasteiger charge is 2.22. The van der Waals surface area contributed by atoms with Crippen LogP contribution in [0.1, 0.15) is 34.6 Å². The predicted molar refractivity (Wildman–Crippen MR) is 98.1 cm³/mol. The largest absolute Gasteiger partial charge is 0.449 e. The van der Waals surface area contributed by atoms with Crippen molar-refractivity contribution in [2.75, 3.05) is 5.32 Å². The van der Waals surface area contributed by atoms with E-state index in [0.29, 0.717) is 11.3 Å². The standard InChI is InChI=1S/C18H15ClN2O6/c1-10(22)12-4-3-5-13(8-12)20-17(23)11(2)27-18(24)15-9-14(21(25)26)6-7-16(15)19/h3-9,11H,1-2H3,(H,20,23)/t11-/m0/s1. The molecule has 27 heavy (non-hydrogen) atoms. The van der Waals surface area contributed by atoms with Crippen LogP contribution in [0.25, 0.3) is 0 Å². The van der Waals surface area contributed by atoms with E-state index in [4.69, 9.17) is 16.3 Å². The van der Waals surface area contributed by atoms with Gasteiger partial charge in [0.1, 0.15) is 0 Å². The zero-order valence-electron chi connectivity index (χ0n) is 14.4. The van der Waals surface area contributed by atoms with Crippen LogP contribution in [0.2, 0.25) is 5.02 Å². The number of rotatable bonds is 6. The molecule has 0 fully saturated rings. The number of amides is 1. The molecule has 0 radical (unpaired) electrons. The fourth-order valence-electron chi connectivity index (χ4n) is 2.12. The van der Waals surface area contributed by atoms with Gasteiger partial charge >= 0.3 is 5.97 Å². The maximum atomic E-state index is 12.2. The molecule has 1 N–H and O–H groups in total. The molecule has 2 aromatic rings. The van der Waals surface area contributed by atoms with Crippen molar-refractivity contribution in [3.63, 3.8) is 0 Å². The number of nitro benzene ring substituents is 1. The number of nitrogens with zero attached hydrogens (tertiary/aromatic N) is 1. The van der Waals surface area contributed by atoms with E-state index in [-0.39, 0.29) is 22.1 Å². The van der Waals surface area contributed by atoms with Gasteiger partial charge in [-0.2, -0.15) is 0 Å². The van der Waals surface area contributed by atoms with Gasteiger partial charge in [-0.1, -0.05) is 23.7 Å². The first-order valence-electron chi connectivity index (χ1n) is 7.76. The smallest absolute Gasteiger partial charge is 0.340 e. The summed E-state index contributed by atoms with van der Waals surface area (Å²) in [6.07, 6.45) is -1.20. The molecule has 1 atom stereocenters. The topological polar surface area (TPSA) is 116 Å². The Balaban J connectivity index is 2.09. The second kappa shape index (κ2) is 8.41. The molecule has 0 heterocycles. The van der Waals surface area contributed by atoms with Crippen LogP contribution >= 0.6 is 11.6 Å². The maximum absolute atomic E-state index is 12.2. The van der Waals surface area contributed by atoms with Gasteiger partial charge in [-0.3, -0.25) is 19.7 Å². The van der Waals surface area contributed by atoms with Crippen LogP contribution in [-0.4, -0.2) is 28.7 Å². The third-order valence-electron chi connectivity index (χ3n) is 3.57. The quantitative estimate of drug-likeness (QED) is 0.348. The molecule has 0 aliphatic rings. The van der Waals surface area contributed by atoms with Crippen molar-refractivity contribution < 1.29 is 24.0 Å². The first kappa shape index (κ1) is 20.1. The van der Waals surface area contributed by atoms with Gasteiger partial charge in [0, 0.05) is 23.4 Å². The monoisotopic (exact) mass is 390 g/mol. The van der Waals surface area contributed by atoms with E-state index in [1.54, 1.807) is 18.2 Å². The van der Waals surface area contributed by atoms with Crippen LogP contribution in [0.5, 0.6) is 0 Å². The molecule has 0 bridgehead atoms. The van der Waals surface area contributed by atoms with Gasteiger partial charge in [0.2, 0.25) is 0 Å². The first-order valence-corrected chi connectivity index (χ1v) is 8.13. The van der Waals surface area contributed by atoms with Gasteiger partial charge in [-0.25, -0.2) is 4.79 Å². The number of ketones is 1. The Kier molecular flexibility index (Phi) is 6.25. The molecule has 1 amide bonds. The fraction of sp³-hybridized carbons (Fsp3) is 0.167. The van der Waals surface area contributed by atoms with Gasteiger partial charge in [0.05, 0.1) is 15.5 Å². The molecular weight excluding hydrogens is 376 g/mol. The summed E-state index contributed by atoms with van der Waals surface area (Å²) >= 11 is 5.88. The van der Waals surface area contributed by atoms with Gasteiger partial charge in [0.25, 0.3) is 11.6 Å². The summed E-state index contributed by atoms with van der Waals surface area (Å²) in [5, 5.41) is 13.3. The average Bonchev–Trinajstić information content (AvgIpc) is 2.61. The number of hydrogen-bond acceptors (Lipinski definition) is 6. The Morgan fingerprint density at radius 1 is 1.19 bits per heavy atom. The summed E-state index contributed by atoms with van der Waals surface area (Å²) in [6, 6.07) is 9.61. The lowest BCUT2D eigenvalue weighted by Crippen LogP contribution is -2.30. The Hall–Kier alpha value is -3.26. The lowest BCUT2D eigenvalue weighted by molar-refractivity contribution is -0.384. The van der Waals surface area contributed by atoms with Crippen molar-refractivity contribution >= 4 is 40.6 Å². The molecule has 8 nitrogen and oxygen atoms in total. The number of halogens is 1. The zero-order chi connectivity index (χ0) is 20.1. The number of hydrogen-bond donors (Lipinski definition) is 1. The van der Waals surface area contributed by atoms with E-state index < -0.39 is 22.9 Å². The second-order valence-electron chi connectivity index (χ2n) is 5.60. The SMILES string of the molecule is CC(=O)c1cccc(NC(=O)[C@H](C)OC(=O)c2cc([N+](=O)[O-])ccc2Cl)c1. The van der Waals surface area contributed by atoms with E-state index in [0.717, 1.165) is 12.1 Å². The molecule has 0 aromatic heterocycles. The third kappa shape index (κ3) is 5.11. The minimum atomic E-state index is -1.20. The number of esters is 1. The number of Topliss-reactive ketones (excluding diaryl/α,β-unsaturated/α-hetero) is 1. The lowest BCUT2D eigenvalue weighted by Gasteiger charge is -2.14. The van der Waals surface area contributed by atoms with Crippen LogP contribution < -0.4 is 5.32 Å². The Morgan fingerprint density at radius 2 is 1.89 bits per heavy atom. The number of carbonyl (C=O) groups excluding carboxylic acids is 3. The summed E-state index contributed by atoms with van der Waals surface area (Å²) in [4.78, 5) is 45.9. The maximum Gasteiger partial charge on any atom is 0.340 e. The van der Waals surface area contributed by atoms with Gasteiger partial charge in [0.15, 0.2) is 11.9 Å². The normalized spacial score (nSPS) is 11.4. The van der Waals surface area contributed by atoms with Crippen LogP contribution in [0.3, 0.4) is 0 Å². The van der Waals surface area contributed by atoms with Crippen LogP contribution in [0, 0.1) is 10.1 Å². The van der Waals surface area contributed by atoms with Crippen molar-refractivity contribution in [3.8, 4) is 0 Å². The number of nitro groups is 1. The molecule has 9 heteroatoms. The number of benzene rings is 2. The number of carbonyl (C=O) groups is 3. The molecule has 2 rings (SSSR count). The minimum absolute atomic E-state index is 0.0348. The molecule has 0 saturated carbocycles. The lowest BCUT2D eigenvalue weighted by atomic mass is 10.1. The number of nitrogens with one attached hydrogen (secondary N) is 1. The number of non-ortho nitro benzene ring substituents is 1. The van der Waals surface area contributed by atoms with Crippen molar-refractivity contribution in [2.24, 2.45) is 0 Å². The Morgan fingerprint density at radius 3 is 2.52 bits per heavy atom. The van der Waals surface area contributed by atoms with Gasteiger partial charge < -0.3 is 10.1 Å². The third-order valence-corrected chi connectivity index (χ3v) is 3.90. The Bertz CT molecular complexity index is 928. The zero-order valence-corrected chi connectivity index (χ0v) is 15.1. The van der Waals surface area contributed by atoms with Crippen LogP contribution in [-0.2, 0) is 9.53 Å². The molecule has 0 saturated heterocycles. The number of anilines is 1. The van der Waals surface area contributed by atoms with Crippen molar-refractivity contribution in [2.45, 2.75) is 20.0 Å². The molecule has 0 spiro atoms. The van der Waals surface area contributed by atoms with E-state index in [1.165, 1.54) is 26.0 Å². The fourth-order valence-corrected chi connectivity index (χ4v) is 2.32. The van der Waals surface area contributed by atoms with E-state index in [2.05, 4.69) is 5.32 Å². The predicted octanol–water partition coefficient (Wildman–Crippen LogP) is 3.63. The molecule has 140 valence electrons. The average molecular weight is 391 g/mol. The second-order valence-corrected chi connectivity index (χ2v) is 6.00. The summed E-state index contributed by atoms with van der Waals surface area (Å²) in [6.45, 7) is 2.74. The van der Waals surface area contributed by atoms with Crippen LogP contribution in [0.4, 0.5) is 11.4 Å². The Labute approximate surface area is 159 Å². The van der Waals surface area contributed by atoms with Crippen molar-refractivity contribution in [3.05, 3.63) is 68.7 Å². The van der Waals surface area contributed by atoms with Gasteiger partial charge in [-0.15, -0.1) is 0 Å². The highest BCUT2D eigenvalue weighted by molar-refractivity contribution is 6.33. The van der Waals surface area contributed by atoms with E-state index >= 15 is 0 Å². The summed E-state index contributed by atoms with van der Waals surface area (Å²) in [7, 11) is 0. The van der Waals surface area contributed by atoms with Crippen LogP contribution in [0.15, 0.2) is 42.5 Å².